The van der Waals surface area contributed by atoms with Gasteiger partial charge in [0.25, 0.3) is 0 Å². The van der Waals surface area contributed by atoms with Crippen molar-refractivity contribution >= 4 is 94.5 Å². The summed E-state index contributed by atoms with van der Waals surface area (Å²) in [4.78, 5) is 214. The third-order valence-corrected chi connectivity index (χ3v) is 31.9. The minimum absolute atomic E-state index is 0.0393. The van der Waals surface area contributed by atoms with E-state index >= 15 is 0 Å². The van der Waals surface area contributed by atoms with Gasteiger partial charge in [-0.25, -0.2) is 0 Å². The summed E-state index contributed by atoms with van der Waals surface area (Å²) in [7, 11) is 0. The molecule has 12 aliphatic heterocycles. The van der Waals surface area contributed by atoms with Crippen LogP contribution in [-0.2, 0) is 86.2 Å². The molecular weight excluding hydrogens is 1510 g/mol. The Hall–Kier alpha value is -6.96. The lowest BCUT2D eigenvalue weighted by Gasteiger charge is -2.33. The van der Waals surface area contributed by atoms with Crippen LogP contribution >= 0.6 is 0 Å². The molecule has 648 valence electrons. The molecule has 26 nitrogen and oxygen atoms in total. The van der Waals surface area contributed by atoms with Crippen LogP contribution in [0.2, 0.25) is 0 Å². The molecule has 20 fully saturated rings. The van der Waals surface area contributed by atoms with Gasteiger partial charge < -0.3 is 9.47 Å². The molecule has 0 aromatic rings. The van der Waals surface area contributed by atoms with Crippen molar-refractivity contribution in [3.63, 3.8) is 0 Å². The van der Waals surface area contributed by atoms with E-state index in [-0.39, 0.29) is 202 Å². The second kappa shape index (κ2) is 37.4. The van der Waals surface area contributed by atoms with Gasteiger partial charge >= 0.3 is 0 Å². The molecule has 8 saturated carbocycles. The molecule has 20 rings (SSSR count). The van der Waals surface area contributed by atoms with Crippen LogP contribution in [0.5, 0.6) is 0 Å². The molecule has 24 atom stereocenters. The summed E-state index contributed by atoms with van der Waals surface area (Å²) in [5, 5.41) is 0. The molecule has 0 aromatic heterocycles. The van der Waals surface area contributed by atoms with Gasteiger partial charge in [0.1, 0.15) is 0 Å². The van der Waals surface area contributed by atoms with Crippen molar-refractivity contribution in [3.8, 4) is 0 Å². The quantitative estimate of drug-likeness (QED) is 0.130. The number of amides is 16. The average molecular weight is 1640 g/mol. The van der Waals surface area contributed by atoms with Crippen LogP contribution in [0.1, 0.15) is 285 Å². The first-order valence-electron chi connectivity index (χ1n) is 47.2. The summed E-state index contributed by atoms with van der Waals surface area (Å²) in [5.74, 6) is 0.675. The van der Waals surface area contributed by atoms with E-state index in [1.54, 1.807) is 19.6 Å². The zero-order chi connectivity index (χ0) is 83.1. The minimum Gasteiger partial charge on any atom is -0.373 e. The van der Waals surface area contributed by atoms with Crippen molar-refractivity contribution in [1.29, 1.82) is 0 Å². The summed E-state index contributed by atoms with van der Waals surface area (Å²) >= 11 is 0. The van der Waals surface area contributed by atoms with Gasteiger partial charge in [-0.2, -0.15) is 0 Å². The fraction of sp³-hybridized carbons (Fsp3) is 0.826. The Morgan fingerprint density at radius 2 is 0.347 bits per heavy atom. The second-order valence-corrected chi connectivity index (χ2v) is 38.8. The molecule has 0 radical (unpaired) electrons. The third kappa shape index (κ3) is 17.1. The number of likely N-dealkylation sites (tertiary alicyclic amines) is 8. The molecule has 4 bridgehead atoms. The van der Waals surface area contributed by atoms with Gasteiger partial charge in [0.15, 0.2) is 0 Å². The van der Waals surface area contributed by atoms with Crippen LogP contribution < -0.4 is 0 Å². The van der Waals surface area contributed by atoms with Crippen LogP contribution in [0, 0.1) is 118 Å². The number of rotatable bonds is 16. The lowest BCUT2D eigenvalue weighted by atomic mass is 9.81. The number of hydrogen-bond donors (Lipinski definition) is 0. The van der Waals surface area contributed by atoms with E-state index < -0.39 is 0 Å². The topological polar surface area (TPSA) is 318 Å². The predicted molar refractivity (Wildman–Crippen MR) is 428 cm³/mol. The highest BCUT2D eigenvalue weighted by molar-refractivity contribution is 6.09. The lowest BCUT2D eigenvalue weighted by Crippen LogP contribution is -2.42. The van der Waals surface area contributed by atoms with Crippen LogP contribution in [0.3, 0.4) is 0 Å². The maximum absolute atomic E-state index is 13.0. The largest absolute Gasteiger partial charge is 0.373 e. The highest BCUT2D eigenvalue weighted by Gasteiger charge is 2.65. The Morgan fingerprint density at radius 3 is 0.517 bits per heavy atom. The molecule has 0 N–H and O–H groups in total. The monoisotopic (exact) mass is 1640 g/mol. The summed E-state index contributed by atoms with van der Waals surface area (Å²) in [6, 6.07) is 0. The normalized spacial score (nSPS) is 39.0. The van der Waals surface area contributed by atoms with Gasteiger partial charge in [0.2, 0.25) is 94.5 Å². The van der Waals surface area contributed by atoms with Crippen molar-refractivity contribution in [2.24, 2.45) is 118 Å². The zero-order valence-corrected chi connectivity index (χ0v) is 70.7. The van der Waals surface area contributed by atoms with Crippen LogP contribution in [-0.4, -0.2) is 210 Å². The number of imide groups is 8. The molecule has 0 spiro atoms. The van der Waals surface area contributed by atoms with Gasteiger partial charge in [0, 0.05) is 78.0 Å². The number of carbonyl (C=O) groups excluding carboxylic acids is 16. The molecule has 16 amide bonds. The maximum atomic E-state index is 13.0. The Balaban J connectivity index is 0.000000122. The molecule has 26 heteroatoms. The SMILES string of the molecule is CC.CC.O=C1C2C3CCC(O3)C2C(=O)N1CC1CCCC(CN2C(=O)C3C4CCC(O4)C3C2=O)C1.O=C1C2CCCCC2C(=O)N1CC1CCCC(CN2C(=O)C3CCCCC3C2=O)C1.O=C1C2CCCCC2C(=O)N1CC1CCCC(CN2C(=O)C3CCCCC3C2=O)C1.O=C1CCC(=O)N1CC1CCCC(CN2C(=O)CCC2=O)C1. The van der Waals surface area contributed by atoms with Gasteiger partial charge in [-0.3, -0.25) is 116 Å². The van der Waals surface area contributed by atoms with E-state index in [9.17, 15) is 76.7 Å². The van der Waals surface area contributed by atoms with Crippen LogP contribution in [0.25, 0.3) is 0 Å². The molecule has 12 saturated heterocycles. The standard InChI is InChI=1S/C24H30N2O6.2C24H34N2O4.C16H22N2O4.2C2H6/c27-21-17-13-4-5-14(31-13)18(17)22(28)25(21)9-11-2-1-3-12(8-11)10-26-23(29)19-15-6-7-16(32-15)20(19)24(26)30;2*27-21-17-8-1-2-9-18(17)22(28)25(21)13-15-6-5-7-16(12-15)14-26-23(29)19-10-3-4-11-20(19)24(26)30;19-13-4-5-14(20)17(13)9-11-2-1-3-12(8-11)10-18-15(21)6-7-16(18)22;2*1-2/h11-20H,1-10H2;2*15-20H,1-14H2;11-12H,1-10H2;2*1-2H3. The Kier molecular flexibility index (Phi) is 27.3. The van der Waals surface area contributed by atoms with Crippen molar-refractivity contribution in [2.75, 3.05) is 52.4 Å². The number of nitrogens with zero attached hydrogens (tertiary/aromatic N) is 8. The van der Waals surface area contributed by atoms with Gasteiger partial charge in [-0.15, -0.1) is 0 Å². The number of ether oxygens (including phenoxy) is 2. The van der Waals surface area contributed by atoms with Gasteiger partial charge in [-0.1, -0.05) is 105 Å². The molecular formula is C92H132N8O18. The van der Waals surface area contributed by atoms with Crippen molar-refractivity contribution in [3.05, 3.63) is 0 Å². The molecule has 20 aliphatic rings. The first-order valence-corrected chi connectivity index (χ1v) is 47.2. The third-order valence-electron chi connectivity index (χ3n) is 31.9. The summed E-state index contributed by atoms with van der Waals surface area (Å²) in [6.45, 7) is 12.1. The Bertz CT molecular complexity index is 3340. The minimum atomic E-state index is -0.266. The van der Waals surface area contributed by atoms with E-state index in [0.717, 1.165) is 231 Å². The zero-order valence-electron chi connectivity index (χ0n) is 70.7. The van der Waals surface area contributed by atoms with E-state index in [1.165, 1.54) is 19.6 Å². The van der Waals surface area contributed by atoms with E-state index in [1.807, 2.05) is 27.7 Å². The second-order valence-electron chi connectivity index (χ2n) is 38.8. The lowest BCUT2D eigenvalue weighted by molar-refractivity contribution is -0.145. The number of carbonyl (C=O) groups is 16. The first kappa shape index (κ1) is 86.0. The molecule has 0 aromatic carbocycles. The Labute approximate surface area is 696 Å². The van der Waals surface area contributed by atoms with Crippen molar-refractivity contribution in [1.82, 2.24) is 39.2 Å². The van der Waals surface area contributed by atoms with E-state index in [4.69, 9.17) is 9.47 Å². The summed E-state index contributed by atoms with van der Waals surface area (Å²) in [5.41, 5.74) is 0. The average Bonchev–Trinajstić information content (AvgIpc) is 1.57. The molecule has 118 heavy (non-hydrogen) atoms. The highest BCUT2D eigenvalue weighted by atomic mass is 16.5. The fourth-order valence-electron chi connectivity index (χ4n) is 26.2. The Morgan fingerprint density at radius 1 is 0.195 bits per heavy atom. The first-order chi connectivity index (χ1) is 57.1. The van der Waals surface area contributed by atoms with Crippen molar-refractivity contribution < 1.29 is 86.2 Å². The smallest absolute Gasteiger partial charge is 0.235 e. The number of fused-ring (bicyclic) bond motifs is 14. The van der Waals surface area contributed by atoms with Crippen molar-refractivity contribution in [2.45, 2.75) is 309 Å². The maximum Gasteiger partial charge on any atom is 0.235 e. The fourth-order valence-corrected chi connectivity index (χ4v) is 26.2. The highest BCUT2D eigenvalue weighted by Crippen LogP contribution is 2.52. The summed E-state index contributed by atoms with van der Waals surface area (Å²) in [6.07, 6.45) is 35.7. The molecule has 8 aliphatic carbocycles. The van der Waals surface area contributed by atoms with Gasteiger partial charge in [-0.05, 0) is 201 Å². The van der Waals surface area contributed by atoms with Gasteiger partial charge in [0.05, 0.1) is 95.4 Å². The van der Waals surface area contributed by atoms with Crippen LogP contribution in [0.15, 0.2) is 0 Å². The predicted octanol–water partition coefficient (Wildman–Crippen LogP) is 10.5. The van der Waals surface area contributed by atoms with E-state index in [0.29, 0.717) is 114 Å². The molecule has 24 unspecified atom stereocenters. The van der Waals surface area contributed by atoms with Crippen LogP contribution in [0.4, 0.5) is 0 Å². The van der Waals surface area contributed by atoms with E-state index in [2.05, 4.69) is 0 Å². The molecule has 12 heterocycles. The number of hydrogen-bond acceptors (Lipinski definition) is 18. The summed E-state index contributed by atoms with van der Waals surface area (Å²) < 4.78 is 11.7.